The predicted octanol–water partition coefficient (Wildman–Crippen LogP) is 3.95. The summed E-state index contributed by atoms with van der Waals surface area (Å²) in [7, 11) is 0. The maximum atomic E-state index is 6.00. The molecule has 3 heteroatoms. The first-order valence-corrected chi connectivity index (χ1v) is 5.69. The minimum absolute atomic E-state index is 0.495. The highest BCUT2D eigenvalue weighted by molar-refractivity contribution is 6.34. The molecule has 82 valence electrons. The third-order valence-corrected chi connectivity index (χ3v) is 2.94. The molecule has 0 atom stereocenters. The van der Waals surface area contributed by atoms with E-state index in [1.165, 1.54) is 0 Å². The van der Waals surface area contributed by atoms with Crippen LogP contribution in [0, 0.1) is 0 Å². The number of halogens is 1. The summed E-state index contributed by atoms with van der Waals surface area (Å²) in [5.41, 5.74) is 2.91. The molecule has 0 spiro atoms. The molecule has 0 aliphatic heterocycles. The van der Waals surface area contributed by atoms with Crippen molar-refractivity contribution in [1.29, 1.82) is 0 Å². The van der Waals surface area contributed by atoms with Crippen molar-refractivity contribution in [3.63, 3.8) is 0 Å². The average molecular weight is 241 g/mol. The molecule has 2 heterocycles. The van der Waals surface area contributed by atoms with E-state index in [2.05, 4.69) is 9.97 Å². The highest BCUT2D eigenvalue weighted by Crippen LogP contribution is 2.23. The SMILES string of the molecule is Clc1nccc2nc(-c3ccccc3)ccc12. The molecule has 0 bridgehead atoms. The van der Waals surface area contributed by atoms with Crippen LogP contribution in [0.15, 0.2) is 54.7 Å². The van der Waals surface area contributed by atoms with Crippen molar-refractivity contribution in [2.24, 2.45) is 0 Å². The number of pyridine rings is 2. The van der Waals surface area contributed by atoms with Gasteiger partial charge in [-0.25, -0.2) is 9.97 Å². The van der Waals surface area contributed by atoms with Crippen LogP contribution in [-0.4, -0.2) is 9.97 Å². The molecule has 0 saturated heterocycles. The Balaban J connectivity index is 2.21. The molecule has 0 fully saturated rings. The van der Waals surface area contributed by atoms with Gasteiger partial charge in [0.15, 0.2) is 0 Å². The number of benzene rings is 1. The van der Waals surface area contributed by atoms with Crippen molar-refractivity contribution in [1.82, 2.24) is 9.97 Å². The van der Waals surface area contributed by atoms with E-state index in [9.17, 15) is 0 Å². The molecule has 1 aromatic carbocycles. The number of nitrogens with zero attached hydrogens (tertiary/aromatic N) is 2. The van der Waals surface area contributed by atoms with E-state index in [-0.39, 0.29) is 0 Å². The molecule has 0 radical (unpaired) electrons. The Labute approximate surface area is 104 Å². The lowest BCUT2D eigenvalue weighted by Gasteiger charge is -2.03. The van der Waals surface area contributed by atoms with Crippen LogP contribution in [-0.2, 0) is 0 Å². The summed E-state index contributed by atoms with van der Waals surface area (Å²) in [5, 5.41) is 1.38. The molecule has 0 amide bonds. The summed E-state index contributed by atoms with van der Waals surface area (Å²) < 4.78 is 0. The highest BCUT2D eigenvalue weighted by Gasteiger charge is 2.03. The van der Waals surface area contributed by atoms with Crippen LogP contribution in [0.3, 0.4) is 0 Å². The summed E-state index contributed by atoms with van der Waals surface area (Å²) in [6, 6.07) is 15.9. The highest BCUT2D eigenvalue weighted by atomic mass is 35.5. The number of hydrogen-bond donors (Lipinski definition) is 0. The van der Waals surface area contributed by atoms with Gasteiger partial charge in [-0.3, -0.25) is 0 Å². The third-order valence-electron chi connectivity index (χ3n) is 2.64. The second kappa shape index (κ2) is 4.15. The van der Waals surface area contributed by atoms with Gasteiger partial charge in [0.2, 0.25) is 0 Å². The monoisotopic (exact) mass is 240 g/mol. The van der Waals surface area contributed by atoms with Crippen molar-refractivity contribution in [3.8, 4) is 11.3 Å². The Morgan fingerprint density at radius 1 is 0.882 bits per heavy atom. The molecule has 0 aliphatic rings. The molecule has 0 saturated carbocycles. The zero-order chi connectivity index (χ0) is 11.7. The number of rotatable bonds is 1. The quantitative estimate of drug-likeness (QED) is 0.602. The Bertz CT molecular complexity index is 665. The van der Waals surface area contributed by atoms with Gasteiger partial charge in [0.1, 0.15) is 5.15 Å². The first-order chi connectivity index (χ1) is 8.34. The Kier molecular flexibility index (Phi) is 2.50. The van der Waals surface area contributed by atoms with Crippen LogP contribution in [0.2, 0.25) is 5.15 Å². The molecule has 0 N–H and O–H groups in total. The second-order valence-corrected chi connectivity index (χ2v) is 4.09. The molecular weight excluding hydrogens is 232 g/mol. The molecule has 2 aromatic heterocycles. The van der Waals surface area contributed by atoms with Crippen LogP contribution >= 0.6 is 11.6 Å². The Hall–Kier alpha value is -1.93. The zero-order valence-corrected chi connectivity index (χ0v) is 9.72. The molecule has 3 aromatic rings. The van der Waals surface area contributed by atoms with Gasteiger partial charge in [0, 0.05) is 17.1 Å². The van der Waals surface area contributed by atoms with E-state index in [0.717, 1.165) is 22.2 Å². The Morgan fingerprint density at radius 3 is 2.53 bits per heavy atom. The fourth-order valence-electron chi connectivity index (χ4n) is 1.79. The zero-order valence-electron chi connectivity index (χ0n) is 8.97. The van der Waals surface area contributed by atoms with Crippen LogP contribution in [0.1, 0.15) is 0 Å². The lowest BCUT2D eigenvalue weighted by atomic mass is 10.1. The molecule has 3 rings (SSSR count). The fourth-order valence-corrected chi connectivity index (χ4v) is 2.01. The lowest BCUT2D eigenvalue weighted by molar-refractivity contribution is 1.32. The molecule has 0 unspecified atom stereocenters. The van der Waals surface area contributed by atoms with E-state index < -0.39 is 0 Å². The first-order valence-electron chi connectivity index (χ1n) is 5.31. The number of aromatic nitrogens is 2. The van der Waals surface area contributed by atoms with Gasteiger partial charge in [0.25, 0.3) is 0 Å². The standard InChI is InChI=1S/C14H9ClN2/c15-14-11-6-7-12(10-4-2-1-3-5-10)17-13(11)8-9-16-14/h1-9H. The maximum absolute atomic E-state index is 6.00. The van der Waals surface area contributed by atoms with Crippen molar-refractivity contribution in [3.05, 3.63) is 59.9 Å². The fraction of sp³-hybridized carbons (Fsp3) is 0. The van der Waals surface area contributed by atoms with Gasteiger partial charge >= 0.3 is 0 Å². The van der Waals surface area contributed by atoms with Gasteiger partial charge in [0.05, 0.1) is 11.2 Å². The van der Waals surface area contributed by atoms with E-state index in [1.54, 1.807) is 6.20 Å². The van der Waals surface area contributed by atoms with E-state index in [1.807, 2.05) is 48.5 Å². The molecule has 17 heavy (non-hydrogen) atoms. The van der Waals surface area contributed by atoms with E-state index in [0.29, 0.717) is 5.15 Å². The summed E-state index contributed by atoms with van der Waals surface area (Å²) in [5.74, 6) is 0. The van der Waals surface area contributed by atoms with E-state index in [4.69, 9.17) is 11.6 Å². The minimum Gasteiger partial charge on any atom is -0.248 e. The molecular formula is C14H9ClN2. The molecule has 2 nitrogen and oxygen atoms in total. The van der Waals surface area contributed by atoms with Gasteiger partial charge in [-0.05, 0) is 18.2 Å². The summed E-state index contributed by atoms with van der Waals surface area (Å²) in [6.07, 6.45) is 1.67. The van der Waals surface area contributed by atoms with Crippen molar-refractivity contribution in [2.45, 2.75) is 0 Å². The second-order valence-electron chi connectivity index (χ2n) is 3.73. The summed E-state index contributed by atoms with van der Waals surface area (Å²) in [4.78, 5) is 8.62. The average Bonchev–Trinajstić information content (AvgIpc) is 2.40. The largest absolute Gasteiger partial charge is 0.248 e. The van der Waals surface area contributed by atoms with E-state index >= 15 is 0 Å². The normalized spacial score (nSPS) is 10.6. The van der Waals surface area contributed by atoms with Crippen LogP contribution in [0.4, 0.5) is 0 Å². The van der Waals surface area contributed by atoms with Gasteiger partial charge in [-0.15, -0.1) is 0 Å². The third kappa shape index (κ3) is 1.87. The van der Waals surface area contributed by atoms with Gasteiger partial charge in [-0.1, -0.05) is 41.9 Å². The first kappa shape index (κ1) is 10.2. The number of hydrogen-bond acceptors (Lipinski definition) is 2. The Morgan fingerprint density at radius 2 is 1.71 bits per heavy atom. The minimum atomic E-state index is 0.495. The maximum Gasteiger partial charge on any atom is 0.138 e. The molecule has 0 aliphatic carbocycles. The van der Waals surface area contributed by atoms with Crippen LogP contribution in [0.5, 0.6) is 0 Å². The van der Waals surface area contributed by atoms with Crippen molar-refractivity contribution in [2.75, 3.05) is 0 Å². The lowest BCUT2D eigenvalue weighted by Crippen LogP contribution is -1.86. The van der Waals surface area contributed by atoms with Gasteiger partial charge in [-0.2, -0.15) is 0 Å². The summed E-state index contributed by atoms with van der Waals surface area (Å²) in [6.45, 7) is 0. The smallest absolute Gasteiger partial charge is 0.138 e. The summed E-state index contributed by atoms with van der Waals surface area (Å²) >= 11 is 6.00. The predicted molar refractivity (Wildman–Crippen MR) is 70.0 cm³/mol. The van der Waals surface area contributed by atoms with Gasteiger partial charge < -0.3 is 0 Å². The number of fused-ring (bicyclic) bond motifs is 1. The van der Waals surface area contributed by atoms with Crippen LogP contribution in [0.25, 0.3) is 22.2 Å². The van der Waals surface area contributed by atoms with Crippen molar-refractivity contribution < 1.29 is 0 Å². The van der Waals surface area contributed by atoms with Crippen LogP contribution < -0.4 is 0 Å². The topological polar surface area (TPSA) is 25.8 Å². The van der Waals surface area contributed by atoms with Crippen molar-refractivity contribution >= 4 is 22.5 Å².